The molecule has 0 spiro atoms. The van der Waals surface area contributed by atoms with E-state index in [1.54, 1.807) is 13.3 Å². The molecule has 1 saturated heterocycles. The number of hydrogen-bond donors (Lipinski definition) is 2. The topological polar surface area (TPSA) is 71.8 Å². The second-order valence-corrected chi connectivity index (χ2v) is 8.39. The lowest BCUT2D eigenvalue weighted by Crippen LogP contribution is -2.40. The van der Waals surface area contributed by atoms with Crippen LogP contribution in [0.15, 0.2) is 36.7 Å². The minimum atomic E-state index is -0.501. The first-order valence-electron chi connectivity index (χ1n) is 10.2. The van der Waals surface area contributed by atoms with Crippen LogP contribution in [0, 0.1) is 0 Å². The number of rotatable bonds is 12. The smallest absolute Gasteiger partial charge is 0.161 e. The van der Waals surface area contributed by atoms with E-state index in [0.29, 0.717) is 18.0 Å². The average Bonchev–Trinajstić information content (AvgIpc) is 3.26. The second-order valence-electron chi connectivity index (χ2n) is 7.16. The number of methoxy groups -OCH3 is 1. The predicted molar refractivity (Wildman–Crippen MR) is 117 cm³/mol. The Hall–Kier alpha value is -1.74. The summed E-state index contributed by atoms with van der Waals surface area (Å²) in [7, 11) is 1.64. The average molecular weight is 421 g/mol. The Labute approximate surface area is 177 Å². The number of aliphatic hydroxyl groups excluding tert-OH is 1. The number of β-amino-alcohol motifs (C(OH)–C–C–N with tert-alkyl or cyclic N) is 1. The predicted octanol–water partition coefficient (Wildman–Crippen LogP) is 1.86. The lowest BCUT2D eigenvalue weighted by atomic mass is 10.2. The van der Waals surface area contributed by atoms with Crippen molar-refractivity contribution in [2.24, 2.45) is 0 Å². The van der Waals surface area contributed by atoms with Crippen LogP contribution in [0.3, 0.4) is 0 Å². The zero-order chi connectivity index (χ0) is 20.3. The largest absolute Gasteiger partial charge is 0.493 e. The van der Waals surface area contributed by atoms with Gasteiger partial charge in [0, 0.05) is 56.6 Å². The number of aromatic nitrogens is 2. The Balaban J connectivity index is 1.39. The van der Waals surface area contributed by atoms with Crippen molar-refractivity contribution in [2.75, 3.05) is 51.4 Å². The number of benzene rings is 1. The summed E-state index contributed by atoms with van der Waals surface area (Å²) >= 11 is 1.97. The van der Waals surface area contributed by atoms with Gasteiger partial charge in [0.15, 0.2) is 11.5 Å². The summed E-state index contributed by atoms with van der Waals surface area (Å²) in [6.45, 7) is 5.60. The molecule has 2 heterocycles. The van der Waals surface area contributed by atoms with Gasteiger partial charge in [0.1, 0.15) is 12.7 Å². The van der Waals surface area contributed by atoms with Crippen LogP contribution in [0.5, 0.6) is 11.5 Å². The van der Waals surface area contributed by atoms with Crippen LogP contribution in [0.2, 0.25) is 0 Å². The van der Waals surface area contributed by atoms with E-state index < -0.39 is 6.10 Å². The van der Waals surface area contributed by atoms with Crippen molar-refractivity contribution < 1.29 is 14.6 Å². The molecule has 0 amide bonds. The van der Waals surface area contributed by atoms with Crippen LogP contribution in [-0.2, 0) is 13.1 Å². The maximum absolute atomic E-state index is 10.3. The molecule has 0 bridgehead atoms. The molecule has 0 aliphatic carbocycles. The Morgan fingerprint density at radius 2 is 2.14 bits per heavy atom. The highest BCUT2D eigenvalue weighted by Crippen LogP contribution is 2.28. The van der Waals surface area contributed by atoms with Crippen LogP contribution in [0.25, 0.3) is 0 Å². The van der Waals surface area contributed by atoms with E-state index in [2.05, 4.69) is 15.3 Å². The molecule has 1 atom stereocenters. The highest BCUT2D eigenvalue weighted by molar-refractivity contribution is 7.99. The van der Waals surface area contributed by atoms with Crippen molar-refractivity contribution >= 4 is 11.8 Å². The van der Waals surface area contributed by atoms with Gasteiger partial charge >= 0.3 is 0 Å². The van der Waals surface area contributed by atoms with Crippen molar-refractivity contribution in [3.63, 3.8) is 0 Å². The number of hydrogen-bond acceptors (Lipinski definition) is 7. The van der Waals surface area contributed by atoms with Gasteiger partial charge in [-0.15, -0.1) is 0 Å². The number of aliphatic hydroxyl groups is 1. The quantitative estimate of drug-likeness (QED) is 0.508. The standard InChI is InChI=1S/C21H32N4O3S/c1-27-21-14-18(15-22-6-2-8-25-9-3-7-23-25)4-5-20(21)28-17-19(26)16-24-10-12-29-13-11-24/h3-5,7,9,14,19,22,26H,2,6,8,10-13,15-17H2,1H3/t19-/m1/s1. The van der Waals surface area contributed by atoms with Gasteiger partial charge in [0.2, 0.25) is 0 Å². The molecule has 8 heteroatoms. The molecule has 1 aliphatic heterocycles. The first-order valence-corrected chi connectivity index (χ1v) is 11.4. The summed E-state index contributed by atoms with van der Waals surface area (Å²) < 4.78 is 13.3. The van der Waals surface area contributed by atoms with Crippen molar-refractivity contribution in [3.8, 4) is 11.5 Å². The number of nitrogens with one attached hydrogen (secondary N) is 1. The summed E-state index contributed by atoms with van der Waals surface area (Å²) in [5.74, 6) is 3.64. The molecule has 1 fully saturated rings. The van der Waals surface area contributed by atoms with E-state index in [1.807, 2.05) is 46.9 Å². The van der Waals surface area contributed by atoms with E-state index >= 15 is 0 Å². The van der Waals surface area contributed by atoms with Crippen molar-refractivity contribution in [1.82, 2.24) is 20.0 Å². The normalized spacial score (nSPS) is 15.9. The summed E-state index contributed by atoms with van der Waals surface area (Å²) in [4.78, 5) is 2.29. The molecule has 0 saturated carbocycles. The van der Waals surface area contributed by atoms with Gasteiger partial charge < -0.3 is 19.9 Å². The van der Waals surface area contributed by atoms with E-state index in [4.69, 9.17) is 9.47 Å². The van der Waals surface area contributed by atoms with Crippen molar-refractivity contribution in [2.45, 2.75) is 25.6 Å². The Kier molecular flexibility index (Phi) is 9.14. The summed E-state index contributed by atoms with van der Waals surface area (Å²) in [6.07, 6.45) is 4.30. The van der Waals surface area contributed by atoms with Crippen molar-refractivity contribution in [3.05, 3.63) is 42.2 Å². The van der Waals surface area contributed by atoms with Gasteiger partial charge in [-0.25, -0.2) is 0 Å². The van der Waals surface area contributed by atoms with Gasteiger partial charge in [-0.1, -0.05) is 6.07 Å². The zero-order valence-corrected chi connectivity index (χ0v) is 17.9. The second kappa shape index (κ2) is 12.1. The molecule has 3 rings (SSSR count). The molecule has 7 nitrogen and oxygen atoms in total. The first-order chi connectivity index (χ1) is 14.2. The Bertz CT molecular complexity index is 708. The molecular weight excluding hydrogens is 388 g/mol. The van der Waals surface area contributed by atoms with Gasteiger partial charge in [0.25, 0.3) is 0 Å². The summed E-state index contributed by atoms with van der Waals surface area (Å²) in [5, 5.41) is 17.9. The number of ether oxygens (including phenoxy) is 2. The fraction of sp³-hybridized carbons (Fsp3) is 0.571. The molecule has 1 aromatic carbocycles. The fourth-order valence-electron chi connectivity index (χ4n) is 3.29. The lowest BCUT2D eigenvalue weighted by molar-refractivity contribution is 0.0705. The molecule has 1 aliphatic rings. The molecule has 2 N–H and O–H groups in total. The summed E-state index contributed by atoms with van der Waals surface area (Å²) in [6, 6.07) is 7.88. The number of thioether (sulfide) groups is 1. The Morgan fingerprint density at radius 1 is 1.28 bits per heavy atom. The van der Waals surface area contributed by atoms with Crippen LogP contribution < -0.4 is 14.8 Å². The van der Waals surface area contributed by atoms with Gasteiger partial charge in [-0.2, -0.15) is 16.9 Å². The van der Waals surface area contributed by atoms with E-state index in [-0.39, 0.29) is 6.61 Å². The van der Waals surface area contributed by atoms with E-state index in [9.17, 15) is 5.11 Å². The third kappa shape index (κ3) is 7.54. The van der Waals surface area contributed by atoms with Crippen LogP contribution in [0.4, 0.5) is 0 Å². The van der Waals surface area contributed by atoms with E-state index in [1.165, 1.54) is 0 Å². The number of aryl methyl sites for hydroxylation is 1. The van der Waals surface area contributed by atoms with Crippen LogP contribution >= 0.6 is 11.8 Å². The maximum atomic E-state index is 10.3. The minimum absolute atomic E-state index is 0.269. The SMILES string of the molecule is COc1cc(CNCCCn2cccn2)ccc1OC[C@H](O)CN1CCSCC1. The number of nitrogens with zero attached hydrogens (tertiary/aromatic N) is 3. The molecule has 2 aromatic rings. The van der Waals surface area contributed by atoms with E-state index in [0.717, 1.165) is 56.2 Å². The molecule has 160 valence electrons. The third-order valence-electron chi connectivity index (χ3n) is 4.86. The van der Waals surface area contributed by atoms with Crippen LogP contribution in [0.1, 0.15) is 12.0 Å². The highest BCUT2D eigenvalue weighted by atomic mass is 32.2. The van der Waals surface area contributed by atoms with Gasteiger partial charge in [-0.3, -0.25) is 9.58 Å². The minimum Gasteiger partial charge on any atom is -0.493 e. The third-order valence-corrected chi connectivity index (χ3v) is 5.80. The zero-order valence-electron chi connectivity index (χ0n) is 17.1. The molecule has 0 radical (unpaired) electrons. The van der Waals surface area contributed by atoms with Crippen LogP contribution in [-0.4, -0.2) is 77.3 Å². The fourth-order valence-corrected chi connectivity index (χ4v) is 4.27. The first kappa shape index (κ1) is 22.0. The van der Waals surface area contributed by atoms with Crippen molar-refractivity contribution in [1.29, 1.82) is 0 Å². The molecule has 29 heavy (non-hydrogen) atoms. The lowest BCUT2D eigenvalue weighted by Gasteiger charge is -2.28. The maximum Gasteiger partial charge on any atom is 0.161 e. The monoisotopic (exact) mass is 420 g/mol. The Morgan fingerprint density at radius 3 is 2.90 bits per heavy atom. The van der Waals surface area contributed by atoms with Gasteiger partial charge in [0.05, 0.1) is 7.11 Å². The molecule has 0 unspecified atom stereocenters. The molecule has 1 aromatic heterocycles. The molecular formula is C21H32N4O3S. The highest BCUT2D eigenvalue weighted by Gasteiger charge is 2.16. The van der Waals surface area contributed by atoms with Gasteiger partial charge in [-0.05, 0) is 36.7 Å². The summed E-state index contributed by atoms with van der Waals surface area (Å²) in [5.41, 5.74) is 1.14.